The molecule has 0 radical (unpaired) electrons. The number of hydrogen-bond donors (Lipinski definition) is 2. The molecule has 4 N–H and O–H groups in total. The highest BCUT2D eigenvalue weighted by atomic mass is 19.1. The molecule has 42 heavy (non-hydrogen) atoms. The minimum atomic E-state index is -0.500. The molecular formula is C36H34F2N2O2. The molecule has 0 aromatic heterocycles. The predicted molar refractivity (Wildman–Crippen MR) is 165 cm³/mol. The summed E-state index contributed by atoms with van der Waals surface area (Å²) in [6.45, 7) is 8.69. The molecule has 4 nitrogen and oxygen atoms in total. The zero-order chi connectivity index (χ0) is 30.1. The van der Waals surface area contributed by atoms with Crippen LogP contribution in [0.5, 0.6) is 23.0 Å². The van der Waals surface area contributed by atoms with Crippen molar-refractivity contribution in [1.82, 2.24) is 0 Å². The van der Waals surface area contributed by atoms with Crippen molar-refractivity contribution >= 4 is 11.4 Å². The number of benzene rings is 5. The standard InChI is InChI=1S/C36H34F2N2O2/c1-35(2,25-9-15-29(16-10-25)41-33-19-13-27(39)21-31(33)37)23-5-7-24(8-6-23)36(3,4)26-11-17-30(18-12-26)42-34-20-14-28(40)22-32(34)38/h5-22H,39-40H2,1-4H3. The molecule has 5 aromatic carbocycles. The lowest BCUT2D eigenvalue weighted by Crippen LogP contribution is -2.21. The first-order chi connectivity index (χ1) is 19.9. The first kappa shape index (κ1) is 28.7. The van der Waals surface area contributed by atoms with E-state index in [-0.39, 0.29) is 22.3 Å². The molecule has 0 aliphatic heterocycles. The lowest BCUT2D eigenvalue weighted by atomic mass is 9.74. The summed E-state index contributed by atoms with van der Waals surface area (Å²) in [5.41, 5.74) is 15.9. The normalized spacial score (nSPS) is 11.8. The number of halogens is 2. The minimum absolute atomic E-state index is 0.132. The summed E-state index contributed by atoms with van der Waals surface area (Å²) in [7, 11) is 0. The molecule has 0 aliphatic rings. The van der Waals surface area contributed by atoms with Gasteiger partial charge in [0.25, 0.3) is 0 Å². The SMILES string of the molecule is CC(C)(c1ccc(Oc2ccc(N)cc2F)cc1)c1ccc(C(C)(C)c2ccc(Oc3ccc(N)cc3F)cc2)cc1. The monoisotopic (exact) mass is 564 g/mol. The van der Waals surface area contributed by atoms with Gasteiger partial charge in [0.15, 0.2) is 23.1 Å². The van der Waals surface area contributed by atoms with Gasteiger partial charge in [0, 0.05) is 34.3 Å². The summed E-state index contributed by atoms with van der Waals surface area (Å²) >= 11 is 0. The summed E-state index contributed by atoms with van der Waals surface area (Å²) in [5, 5.41) is 0. The molecule has 0 saturated carbocycles. The highest BCUT2D eigenvalue weighted by Crippen LogP contribution is 2.37. The van der Waals surface area contributed by atoms with Crippen LogP contribution in [-0.2, 0) is 10.8 Å². The molecule has 0 atom stereocenters. The maximum Gasteiger partial charge on any atom is 0.167 e. The van der Waals surface area contributed by atoms with E-state index >= 15 is 0 Å². The Morgan fingerprint density at radius 2 is 0.738 bits per heavy atom. The van der Waals surface area contributed by atoms with Gasteiger partial charge in [-0.25, -0.2) is 8.78 Å². The molecule has 0 bridgehead atoms. The van der Waals surface area contributed by atoms with Gasteiger partial charge >= 0.3 is 0 Å². The third-order valence-electron chi connectivity index (χ3n) is 7.85. The molecule has 0 aliphatic carbocycles. The van der Waals surface area contributed by atoms with Crippen molar-refractivity contribution in [3.8, 4) is 23.0 Å². The van der Waals surface area contributed by atoms with Gasteiger partial charge < -0.3 is 20.9 Å². The molecule has 0 unspecified atom stereocenters. The van der Waals surface area contributed by atoms with Gasteiger partial charge in [-0.05, 0) is 70.8 Å². The van der Waals surface area contributed by atoms with Crippen LogP contribution in [0.15, 0.2) is 109 Å². The van der Waals surface area contributed by atoms with Gasteiger partial charge in [0.1, 0.15) is 11.5 Å². The van der Waals surface area contributed by atoms with Crippen molar-refractivity contribution in [3.05, 3.63) is 143 Å². The van der Waals surface area contributed by atoms with Crippen LogP contribution in [0.25, 0.3) is 0 Å². The van der Waals surface area contributed by atoms with Crippen LogP contribution in [0, 0.1) is 11.6 Å². The summed E-state index contributed by atoms with van der Waals surface area (Å²) in [6, 6.07) is 32.8. The van der Waals surface area contributed by atoms with Crippen molar-refractivity contribution in [2.45, 2.75) is 38.5 Å². The Balaban J connectivity index is 1.29. The lowest BCUT2D eigenvalue weighted by Gasteiger charge is -2.29. The van der Waals surface area contributed by atoms with Gasteiger partial charge in [0.05, 0.1) is 0 Å². The van der Waals surface area contributed by atoms with Gasteiger partial charge in [-0.3, -0.25) is 0 Å². The highest BCUT2D eigenvalue weighted by molar-refractivity contribution is 5.48. The number of nitrogens with two attached hydrogens (primary N) is 2. The molecule has 0 spiro atoms. The molecule has 0 heterocycles. The number of hydrogen-bond acceptors (Lipinski definition) is 4. The van der Waals surface area contributed by atoms with E-state index < -0.39 is 11.6 Å². The quantitative estimate of drug-likeness (QED) is 0.184. The summed E-state index contributed by atoms with van der Waals surface area (Å²) in [5.74, 6) is 0.357. The Morgan fingerprint density at radius 1 is 0.452 bits per heavy atom. The van der Waals surface area contributed by atoms with E-state index in [4.69, 9.17) is 20.9 Å². The van der Waals surface area contributed by atoms with Crippen LogP contribution in [0.4, 0.5) is 20.2 Å². The van der Waals surface area contributed by atoms with Crippen LogP contribution in [0.3, 0.4) is 0 Å². The number of anilines is 2. The van der Waals surface area contributed by atoms with Crippen molar-refractivity contribution < 1.29 is 18.3 Å². The second-order valence-corrected chi connectivity index (χ2v) is 11.5. The number of ether oxygens (including phenoxy) is 2. The fourth-order valence-corrected chi connectivity index (χ4v) is 4.97. The molecule has 0 amide bonds. The number of nitrogen functional groups attached to an aromatic ring is 2. The average molecular weight is 565 g/mol. The van der Waals surface area contributed by atoms with E-state index in [1.807, 2.05) is 48.5 Å². The second kappa shape index (κ2) is 11.2. The van der Waals surface area contributed by atoms with Gasteiger partial charge in [-0.1, -0.05) is 76.2 Å². The third-order valence-corrected chi connectivity index (χ3v) is 7.85. The van der Waals surface area contributed by atoms with Gasteiger partial charge in [-0.2, -0.15) is 0 Å². The van der Waals surface area contributed by atoms with E-state index in [0.717, 1.165) is 22.3 Å². The van der Waals surface area contributed by atoms with Crippen molar-refractivity contribution in [2.24, 2.45) is 0 Å². The van der Waals surface area contributed by atoms with Gasteiger partial charge in [-0.15, -0.1) is 0 Å². The molecule has 5 rings (SSSR count). The summed E-state index contributed by atoms with van der Waals surface area (Å²) in [4.78, 5) is 0. The Kier molecular flexibility index (Phi) is 7.65. The van der Waals surface area contributed by atoms with E-state index in [2.05, 4.69) is 52.0 Å². The Morgan fingerprint density at radius 3 is 1.02 bits per heavy atom. The van der Waals surface area contributed by atoms with Gasteiger partial charge in [0.2, 0.25) is 0 Å². The highest BCUT2D eigenvalue weighted by Gasteiger charge is 2.27. The fourth-order valence-electron chi connectivity index (χ4n) is 4.97. The summed E-state index contributed by atoms with van der Waals surface area (Å²) < 4.78 is 39.7. The predicted octanol–water partition coefficient (Wildman–Crippen LogP) is 9.37. The third kappa shape index (κ3) is 5.93. The van der Waals surface area contributed by atoms with E-state index in [1.165, 1.54) is 24.3 Å². The van der Waals surface area contributed by atoms with E-state index in [0.29, 0.717) is 22.9 Å². The Hall–Kier alpha value is -4.84. The van der Waals surface area contributed by atoms with Crippen LogP contribution < -0.4 is 20.9 Å². The minimum Gasteiger partial charge on any atom is -0.454 e. The largest absolute Gasteiger partial charge is 0.454 e. The topological polar surface area (TPSA) is 70.5 Å². The van der Waals surface area contributed by atoms with E-state index in [9.17, 15) is 8.78 Å². The average Bonchev–Trinajstić information content (AvgIpc) is 2.97. The van der Waals surface area contributed by atoms with Crippen molar-refractivity contribution in [3.63, 3.8) is 0 Å². The molecule has 214 valence electrons. The van der Waals surface area contributed by atoms with Crippen molar-refractivity contribution in [2.75, 3.05) is 11.5 Å². The zero-order valence-corrected chi connectivity index (χ0v) is 24.1. The lowest BCUT2D eigenvalue weighted by molar-refractivity contribution is 0.442. The van der Waals surface area contributed by atoms with Crippen molar-refractivity contribution in [1.29, 1.82) is 0 Å². The maximum atomic E-state index is 14.1. The number of rotatable bonds is 8. The Labute approximate surface area is 245 Å². The maximum absolute atomic E-state index is 14.1. The molecule has 5 aromatic rings. The molecule has 0 fully saturated rings. The fraction of sp³-hybridized carbons (Fsp3) is 0.167. The van der Waals surface area contributed by atoms with Crippen LogP contribution in [0.1, 0.15) is 49.9 Å². The Bertz CT molecular complexity index is 1570. The second-order valence-electron chi connectivity index (χ2n) is 11.5. The van der Waals surface area contributed by atoms with E-state index in [1.54, 1.807) is 12.1 Å². The molecular weight excluding hydrogens is 530 g/mol. The first-order valence-electron chi connectivity index (χ1n) is 13.7. The van der Waals surface area contributed by atoms with Crippen LogP contribution in [0.2, 0.25) is 0 Å². The first-order valence-corrected chi connectivity index (χ1v) is 13.7. The van der Waals surface area contributed by atoms with Crippen LogP contribution >= 0.6 is 0 Å². The smallest absolute Gasteiger partial charge is 0.167 e. The summed E-state index contributed by atoms with van der Waals surface area (Å²) in [6.07, 6.45) is 0. The zero-order valence-electron chi connectivity index (χ0n) is 24.1. The van der Waals surface area contributed by atoms with Crippen LogP contribution in [-0.4, -0.2) is 0 Å². The molecule has 6 heteroatoms. The molecule has 0 saturated heterocycles.